The average molecular weight is 253 g/mol. The van der Waals surface area contributed by atoms with Crippen LogP contribution in [-0.2, 0) is 9.59 Å². The van der Waals surface area contributed by atoms with Gasteiger partial charge in [-0.2, -0.15) is 0 Å². The molecule has 1 heterocycles. The third kappa shape index (κ3) is 3.70. The lowest BCUT2D eigenvalue weighted by Crippen LogP contribution is -2.47. The summed E-state index contributed by atoms with van der Waals surface area (Å²) < 4.78 is 0. The fraction of sp³-hybridized carbons (Fsp3) is 0.846. The molecule has 2 rings (SSSR count). The van der Waals surface area contributed by atoms with E-state index in [0.29, 0.717) is 18.2 Å². The Hall–Kier alpha value is -1.10. The van der Waals surface area contributed by atoms with Gasteiger partial charge in [0.1, 0.15) is 0 Å². The van der Waals surface area contributed by atoms with Gasteiger partial charge in [-0.25, -0.2) is 0 Å². The maximum atomic E-state index is 11.9. The molecule has 0 aromatic rings. The quantitative estimate of drug-likeness (QED) is 0.753. The number of nitrogens with two attached hydrogens (primary N) is 1. The second kappa shape index (κ2) is 5.69. The molecule has 5 heteroatoms. The number of nitrogens with one attached hydrogen (secondary N) is 1. The first-order valence-corrected chi connectivity index (χ1v) is 6.90. The predicted octanol–water partition coefficient (Wildman–Crippen LogP) is 0.241. The standard InChI is InChI=1S/C13H23N3O2/c1-9(14)8-12(17)15-11-4-6-16(7-5-11)13(18)10-2-3-10/h9-11H,2-8,14H2,1H3,(H,15,17). The van der Waals surface area contributed by atoms with Crippen molar-refractivity contribution in [2.75, 3.05) is 13.1 Å². The van der Waals surface area contributed by atoms with Gasteiger partial charge in [-0.1, -0.05) is 0 Å². The molecule has 1 unspecified atom stereocenters. The maximum Gasteiger partial charge on any atom is 0.225 e. The molecule has 102 valence electrons. The molecule has 1 aliphatic heterocycles. The Labute approximate surface area is 108 Å². The molecule has 0 bridgehead atoms. The predicted molar refractivity (Wildman–Crippen MR) is 68.7 cm³/mol. The van der Waals surface area contributed by atoms with Gasteiger partial charge in [0.05, 0.1) is 0 Å². The Balaban J connectivity index is 1.69. The number of amides is 2. The number of carbonyl (C=O) groups excluding carboxylic acids is 2. The van der Waals surface area contributed by atoms with Crippen molar-refractivity contribution in [3.05, 3.63) is 0 Å². The summed E-state index contributed by atoms with van der Waals surface area (Å²) in [5.74, 6) is 0.640. The SMILES string of the molecule is CC(N)CC(=O)NC1CCN(C(=O)C2CC2)CC1. The lowest BCUT2D eigenvalue weighted by atomic mass is 10.0. The van der Waals surface area contributed by atoms with Crippen LogP contribution in [0.5, 0.6) is 0 Å². The molecule has 1 saturated heterocycles. The zero-order valence-corrected chi connectivity index (χ0v) is 11.0. The van der Waals surface area contributed by atoms with Crippen molar-refractivity contribution in [3.63, 3.8) is 0 Å². The number of piperidine rings is 1. The molecule has 18 heavy (non-hydrogen) atoms. The molecule has 2 fully saturated rings. The topological polar surface area (TPSA) is 75.4 Å². The second-order valence-corrected chi connectivity index (χ2v) is 5.62. The highest BCUT2D eigenvalue weighted by Gasteiger charge is 2.35. The normalized spacial score (nSPS) is 22.7. The van der Waals surface area contributed by atoms with E-state index >= 15 is 0 Å². The van der Waals surface area contributed by atoms with Gasteiger partial charge in [0.25, 0.3) is 0 Å². The third-order valence-electron chi connectivity index (χ3n) is 3.61. The van der Waals surface area contributed by atoms with Gasteiger partial charge in [-0.3, -0.25) is 9.59 Å². The first-order valence-electron chi connectivity index (χ1n) is 6.90. The molecule has 1 saturated carbocycles. The monoisotopic (exact) mass is 253 g/mol. The van der Waals surface area contributed by atoms with Crippen LogP contribution in [0, 0.1) is 5.92 Å². The highest BCUT2D eigenvalue weighted by Crippen LogP contribution is 2.31. The van der Waals surface area contributed by atoms with Crippen molar-refractivity contribution in [2.45, 2.75) is 51.1 Å². The molecule has 1 atom stereocenters. The summed E-state index contributed by atoms with van der Waals surface area (Å²) >= 11 is 0. The van der Waals surface area contributed by atoms with Gasteiger partial charge in [-0.05, 0) is 32.6 Å². The number of hydrogen-bond acceptors (Lipinski definition) is 3. The Bertz CT molecular complexity index is 318. The van der Waals surface area contributed by atoms with E-state index in [-0.39, 0.29) is 18.0 Å². The van der Waals surface area contributed by atoms with E-state index < -0.39 is 0 Å². The molecule has 0 aromatic carbocycles. The minimum absolute atomic E-state index is 0.0250. The third-order valence-corrected chi connectivity index (χ3v) is 3.61. The van der Waals surface area contributed by atoms with Crippen LogP contribution in [0.15, 0.2) is 0 Å². The van der Waals surface area contributed by atoms with Crippen LogP contribution in [0.4, 0.5) is 0 Å². The molecule has 1 aliphatic carbocycles. The van der Waals surface area contributed by atoms with Crippen LogP contribution >= 0.6 is 0 Å². The fourth-order valence-corrected chi connectivity index (χ4v) is 2.41. The van der Waals surface area contributed by atoms with Crippen LogP contribution in [0.25, 0.3) is 0 Å². The summed E-state index contributed by atoms with van der Waals surface area (Å²) in [5.41, 5.74) is 5.59. The van der Waals surface area contributed by atoms with Gasteiger partial charge in [0, 0.05) is 37.5 Å². The van der Waals surface area contributed by atoms with E-state index in [2.05, 4.69) is 5.32 Å². The summed E-state index contributed by atoms with van der Waals surface area (Å²) in [6, 6.07) is 0.112. The lowest BCUT2D eigenvalue weighted by Gasteiger charge is -2.32. The Morgan fingerprint density at radius 3 is 2.39 bits per heavy atom. The maximum absolute atomic E-state index is 11.9. The number of rotatable bonds is 4. The molecule has 0 radical (unpaired) electrons. The zero-order chi connectivity index (χ0) is 13.1. The van der Waals surface area contributed by atoms with E-state index in [0.717, 1.165) is 38.8 Å². The van der Waals surface area contributed by atoms with Crippen LogP contribution in [-0.4, -0.2) is 41.9 Å². The van der Waals surface area contributed by atoms with Gasteiger partial charge >= 0.3 is 0 Å². The summed E-state index contributed by atoms with van der Waals surface area (Å²) in [4.78, 5) is 25.4. The van der Waals surface area contributed by atoms with Crippen molar-refractivity contribution >= 4 is 11.8 Å². The Morgan fingerprint density at radius 1 is 1.28 bits per heavy atom. The lowest BCUT2D eigenvalue weighted by molar-refractivity contribution is -0.133. The zero-order valence-electron chi connectivity index (χ0n) is 11.0. The molecule has 3 N–H and O–H groups in total. The van der Waals surface area contributed by atoms with E-state index in [4.69, 9.17) is 5.73 Å². The Kier molecular flexibility index (Phi) is 4.22. The molecule has 0 spiro atoms. The number of likely N-dealkylation sites (tertiary alicyclic amines) is 1. The van der Waals surface area contributed by atoms with Gasteiger partial charge in [0.2, 0.25) is 11.8 Å². The summed E-state index contributed by atoms with van der Waals surface area (Å²) in [7, 11) is 0. The van der Waals surface area contributed by atoms with E-state index in [9.17, 15) is 9.59 Å². The second-order valence-electron chi connectivity index (χ2n) is 5.62. The summed E-state index contributed by atoms with van der Waals surface area (Å²) in [6.07, 6.45) is 4.22. The van der Waals surface area contributed by atoms with Crippen molar-refractivity contribution < 1.29 is 9.59 Å². The van der Waals surface area contributed by atoms with Gasteiger partial charge in [0.15, 0.2) is 0 Å². The molecule has 0 aromatic heterocycles. The van der Waals surface area contributed by atoms with Crippen LogP contribution in [0.2, 0.25) is 0 Å². The first kappa shape index (κ1) is 13.3. The average Bonchev–Trinajstić information content (AvgIpc) is 3.11. The first-order chi connectivity index (χ1) is 8.56. The smallest absolute Gasteiger partial charge is 0.225 e. The minimum Gasteiger partial charge on any atom is -0.353 e. The van der Waals surface area contributed by atoms with E-state index in [1.165, 1.54) is 0 Å². The van der Waals surface area contributed by atoms with Crippen LogP contribution < -0.4 is 11.1 Å². The fourth-order valence-electron chi connectivity index (χ4n) is 2.41. The molecule has 2 aliphatic rings. The van der Waals surface area contributed by atoms with Crippen LogP contribution in [0.3, 0.4) is 0 Å². The number of carbonyl (C=O) groups is 2. The van der Waals surface area contributed by atoms with E-state index in [1.54, 1.807) is 0 Å². The summed E-state index contributed by atoms with van der Waals surface area (Å²) in [6.45, 7) is 3.38. The van der Waals surface area contributed by atoms with Gasteiger partial charge < -0.3 is 16.0 Å². The van der Waals surface area contributed by atoms with Crippen molar-refractivity contribution in [2.24, 2.45) is 11.7 Å². The molecular weight excluding hydrogens is 230 g/mol. The number of nitrogens with zero attached hydrogens (tertiary/aromatic N) is 1. The largest absolute Gasteiger partial charge is 0.353 e. The van der Waals surface area contributed by atoms with Crippen LogP contribution in [0.1, 0.15) is 39.0 Å². The highest BCUT2D eigenvalue weighted by atomic mass is 16.2. The van der Waals surface area contributed by atoms with Gasteiger partial charge in [-0.15, -0.1) is 0 Å². The minimum atomic E-state index is -0.0958. The number of hydrogen-bond donors (Lipinski definition) is 2. The molecule has 2 amide bonds. The van der Waals surface area contributed by atoms with Crippen molar-refractivity contribution in [1.82, 2.24) is 10.2 Å². The highest BCUT2D eigenvalue weighted by molar-refractivity contribution is 5.81. The molecule has 5 nitrogen and oxygen atoms in total. The molecular formula is C13H23N3O2. The Morgan fingerprint density at radius 2 is 1.89 bits per heavy atom. The summed E-state index contributed by atoms with van der Waals surface area (Å²) in [5, 5.41) is 3.00. The van der Waals surface area contributed by atoms with Crippen molar-refractivity contribution in [1.29, 1.82) is 0 Å². The van der Waals surface area contributed by atoms with E-state index in [1.807, 2.05) is 11.8 Å². The van der Waals surface area contributed by atoms with Crippen molar-refractivity contribution in [3.8, 4) is 0 Å².